The average molecular weight is 326 g/mol. The molecular formula is C18H19FN4O. The summed E-state index contributed by atoms with van der Waals surface area (Å²) in [5, 5.41) is 13.3. The quantitative estimate of drug-likeness (QED) is 0.670. The van der Waals surface area contributed by atoms with E-state index in [4.69, 9.17) is 15.9 Å². The molecule has 0 amide bonds. The Balaban J connectivity index is 1.88. The molecule has 1 aliphatic heterocycles. The molecule has 2 aromatic carbocycles. The third-order valence-electron chi connectivity index (χ3n) is 3.88. The highest BCUT2D eigenvalue weighted by Crippen LogP contribution is 2.28. The largest absolute Gasteiger partial charge is 0.488 e. The highest BCUT2D eigenvalue weighted by atomic mass is 19.1. The number of guanidine groups is 1. The van der Waals surface area contributed by atoms with Crippen molar-refractivity contribution in [3.8, 4) is 5.75 Å². The Hall–Kier alpha value is -2.89. The molecular weight excluding hydrogens is 307 g/mol. The second-order valence-corrected chi connectivity index (χ2v) is 5.77. The molecule has 0 radical (unpaired) electrons. The van der Waals surface area contributed by atoms with Gasteiger partial charge in [0.1, 0.15) is 18.2 Å². The zero-order chi connectivity index (χ0) is 17.1. The molecule has 1 atom stereocenters. The number of hydrogen-bond acceptors (Lipinski definition) is 3. The molecule has 0 unspecified atom stereocenters. The minimum atomic E-state index is -0.364. The van der Waals surface area contributed by atoms with Crippen LogP contribution in [0.4, 0.5) is 4.39 Å². The Bertz CT molecular complexity index is 776. The summed E-state index contributed by atoms with van der Waals surface area (Å²) in [7, 11) is 0. The summed E-state index contributed by atoms with van der Waals surface area (Å²) in [6, 6.07) is 14.1. The minimum absolute atomic E-state index is 0.0680. The Kier molecular flexibility index (Phi) is 4.46. The zero-order valence-electron chi connectivity index (χ0n) is 13.4. The normalized spacial score (nSPS) is 16.8. The van der Waals surface area contributed by atoms with Crippen molar-refractivity contribution in [1.82, 2.24) is 5.01 Å². The van der Waals surface area contributed by atoms with Crippen LogP contribution in [0.5, 0.6) is 5.75 Å². The SMILES string of the molecule is C[C@@H]1CN(C(=N)N)N=C1c1ccc(F)cc1OCc1ccccc1. The second-order valence-electron chi connectivity index (χ2n) is 5.77. The standard InChI is InChI=1S/C18H19FN4O/c1-12-10-23(18(20)21)22-17(12)15-8-7-14(19)9-16(15)24-11-13-5-3-2-4-6-13/h2-9,12H,10-11H2,1H3,(H3,20,21)/t12-/m1/s1. The van der Waals surface area contributed by atoms with Crippen LogP contribution in [0.1, 0.15) is 18.1 Å². The predicted molar refractivity (Wildman–Crippen MR) is 91.5 cm³/mol. The van der Waals surface area contributed by atoms with E-state index in [0.29, 0.717) is 18.9 Å². The molecule has 124 valence electrons. The van der Waals surface area contributed by atoms with Crippen molar-refractivity contribution in [1.29, 1.82) is 5.41 Å². The number of hydrazone groups is 1. The van der Waals surface area contributed by atoms with Crippen molar-refractivity contribution >= 4 is 11.7 Å². The first-order chi connectivity index (χ1) is 11.5. The molecule has 6 heteroatoms. The molecule has 3 N–H and O–H groups in total. The molecule has 0 bridgehead atoms. The second kappa shape index (κ2) is 6.70. The van der Waals surface area contributed by atoms with Crippen molar-refractivity contribution in [2.45, 2.75) is 13.5 Å². The van der Waals surface area contributed by atoms with Gasteiger partial charge in [-0.1, -0.05) is 37.3 Å². The van der Waals surface area contributed by atoms with Crippen molar-refractivity contribution in [3.63, 3.8) is 0 Å². The Labute approximate surface area is 140 Å². The van der Waals surface area contributed by atoms with E-state index in [9.17, 15) is 4.39 Å². The van der Waals surface area contributed by atoms with E-state index in [0.717, 1.165) is 16.8 Å². The van der Waals surface area contributed by atoms with Crippen LogP contribution in [0.2, 0.25) is 0 Å². The highest BCUT2D eigenvalue weighted by Gasteiger charge is 2.27. The number of nitrogens with two attached hydrogens (primary N) is 1. The molecule has 3 rings (SSSR count). The van der Waals surface area contributed by atoms with E-state index in [-0.39, 0.29) is 17.7 Å². The van der Waals surface area contributed by atoms with Crippen LogP contribution in [-0.2, 0) is 6.61 Å². The Morgan fingerprint density at radius 3 is 2.75 bits per heavy atom. The first-order valence-electron chi connectivity index (χ1n) is 7.71. The number of benzene rings is 2. The summed E-state index contributed by atoms with van der Waals surface area (Å²) in [5.41, 5.74) is 7.98. The third kappa shape index (κ3) is 3.37. The van der Waals surface area contributed by atoms with Crippen molar-refractivity contribution in [2.24, 2.45) is 16.8 Å². The molecule has 0 saturated carbocycles. The van der Waals surface area contributed by atoms with Gasteiger partial charge in [0.25, 0.3) is 0 Å². The smallest absolute Gasteiger partial charge is 0.209 e. The van der Waals surface area contributed by atoms with Gasteiger partial charge in [-0.15, -0.1) is 0 Å². The fraction of sp³-hybridized carbons (Fsp3) is 0.222. The van der Waals surface area contributed by atoms with Crippen molar-refractivity contribution < 1.29 is 9.13 Å². The van der Waals surface area contributed by atoms with Crippen LogP contribution in [0.3, 0.4) is 0 Å². The average Bonchev–Trinajstić information content (AvgIpc) is 2.96. The molecule has 0 saturated heterocycles. The van der Waals surface area contributed by atoms with Gasteiger partial charge in [0.05, 0.1) is 12.3 Å². The minimum Gasteiger partial charge on any atom is -0.488 e. The van der Waals surface area contributed by atoms with Gasteiger partial charge in [-0.25, -0.2) is 9.40 Å². The van der Waals surface area contributed by atoms with Gasteiger partial charge in [0, 0.05) is 17.5 Å². The molecule has 1 heterocycles. The lowest BCUT2D eigenvalue weighted by Gasteiger charge is -2.13. The number of ether oxygens (including phenoxy) is 1. The maximum absolute atomic E-state index is 13.7. The van der Waals surface area contributed by atoms with Gasteiger partial charge in [0.15, 0.2) is 0 Å². The van der Waals surface area contributed by atoms with Crippen LogP contribution in [-0.4, -0.2) is 23.2 Å². The summed E-state index contributed by atoms with van der Waals surface area (Å²) in [6.07, 6.45) is 0. The molecule has 24 heavy (non-hydrogen) atoms. The fourth-order valence-corrected chi connectivity index (χ4v) is 2.65. The lowest BCUT2D eigenvalue weighted by Crippen LogP contribution is -2.31. The maximum Gasteiger partial charge on any atom is 0.209 e. The molecule has 1 aliphatic rings. The number of nitrogens with one attached hydrogen (secondary N) is 1. The van der Waals surface area contributed by atoms with Crippen LogP contribution < -0.4 is 10.5 Å². The van der Waals surface area contributed by atoms with Crippen molar-refractivity contribution in [3.05, 3.63) is 65.5 Å². The van der Waals surface area contributed by atoms with Gasteiger partial charge in [-0.2, -0.15) is 5.10 Å². The summed E-state index contributed by atoms with van der Waals surface area (Å²) < 4.78 is 19.5. The lowest BCUT2D eigenvalue weighted by atomic mass is 9.98. The lowest BCUT2D eigenvalue weighted by molar-refractivity contribution is 0.304. The van der Waals surface area contributed by atoms with E-state index in [1.807, 2.05) is 37.3 Å². The Morgan fingerprint density at radius 1 is 1.33 bits per heavy atom. The van der Waals surface area contributed by atoms with E-state index >= 15 is 0 Å². The van der Waals surface area contributed by atoms with Gasteiger partial charge >= 0.3 is 0 Å². The topological polar surface area (TPSA) is 74.7 Å². The zero-order valence-corrected chi connectivity index (χ0v) is 13.4. The Morgan fingerprint density at radius 2 is 2.08 bits per heavy atom. The fourth-order valence-electron chi connectivity index (χ4n) is 2.65. The number of nitrogens with zero attached hydrogens (tertiary/aromatic N) is 2. The summed E-state index contributed by atoms with van der Waals surface area (Å²) in [5.74, 6) is 0.0375. The first-order valence-corrected chi connectivity index (χ1v) is 7.71. The van der Waals surface area contributed by atoms with Gasteiger partial charge in [-0.05, 0) is 17.7 Å². The van der Waals surface area contributed by atoms with E-state index in [2.05, 4.69) is 5.10 Å². The number of rotatable bonds is 4. The van der Waals surface area contributed by atoms with Crippen LogP contribution in [0.15, 0.2) is 53.6 Å². The summed E-state index contributed by atoms with van der Waals surface area (Å²) in [6.45, 7) is 2.86. The highest BCUT2D eigenvalue weighted by molar-refractivity contribution is 6.06. The first kappa shape index (κ1) is 16.0. The van der Waals surface area contributed by atoms with E-state index < -0.39 is 0 Å². The van der Waals surface area contributed by atoms with Crippen LogP contribution >= 0.6 is 0 Å². The van der Waals surface area contributed by atoms with Crippen LogP contribution in [0, 0.1) is 17.1 Å². The predicted octanol–water partition coefficient (Wildman–Crippen LogP) is 2.95. The number of halogens is 1. The molecule has 5 nitrogen and oxygen atoms in total. The monoisotopic (exact) mass is 326 g/mol. The summed E-state index contributed by atoms with van der Waals surface area (Å²) in [4.78, 5) is 0. The van der Waals surface area contributed by atoms with Gasteiger partial charge in [0.2, 0.25) is 5.96 Å². The third-order valence-corrected chi connectivity index (χ3v) is 3.88. The summed E-state index contributed by atoms with van der Waals surface area (Å²) >= 11 is 0. The molecule has 0 aliphatic carbocycles. The number of hydrogen-bond donors (Lipinski definition) is 2. The van der Waals surface area contributed by atoms with Crippen LogP contribution in [0.25, 0.3) is 0 Å². The molecule has 2 aromatic rings. The molecule has 0 fully saturated rings. The van der Waals surface area contributed by atoms with Crippen molar-refractivity contribution in [2.75, 3.05) is 6.54 Å². The van der Waals surface area contributed by atoms with Gasteiger partial charge in [-0.3, -0.25) is 5.41 Å². The van der Waals surface area contributed by atoms with E-state index in [1.54, 1.807) is 6.07 Å². The molecule has 0 aromatic heterocycles. The van der Waals surface area contributed by atoms with E-state index in [1.165, 1.54) is 17.1 Å². The molecule has 0 spiro atoms. The van der Waals surface area contributed by atoms with Gasteiger partial charge < -0.3 is 10.5 Å². The maximum atomic E-state index is 13.7.